The fourth-order valence-electron chi connectivity index (χ4n) is 3.69. The van der Waals surface area contributed by atoms with E-state index in [9.17, 15) is 5.11 Å². The molecule has 0 saturated heterocycles. The predicted octanol–water partition coefficient (Wildman–Crippen LogP) is 7.98. The van der Waals surface area contributed by atoms with Crippen molar-refractivity contribution in [1.29, 1.82) is 0 Å². The maximum absolute atomic E-state index is 10.3. The van der Waals surface area contributed by atoms with Crippen LogP contribution in [0.4, 0.5) is 0 Å². The van der Waals surface area contributed by atoms with Gasteiger partial charge in [-0.05, 0) is 69.6 Å². The number of phenolic OH excluding ortho intramolecular Hbond substituents is 1. The first kappa shape index (κ1) is 19.5. The Morgan fingerprint density at radius 2 is 1.10 bits per heavy atom. The summed E-state index contributed by atoms with van der Waals surface area (Å²) >= 11 is 0. The summed E-state index contributed by atoms with van der Waals surface area (Å²) in [6.07, 6.45) is 3.91. The number of aromatic hydroxyl groups is 1. The molecule has 0 aliphatic heterocycles. The van der Waals surface area contributed by atoms with Gasteiger partial charge in [-0.25, -0.2) is 0 Å². The lowest BCUT2D eigenvalue weighted by Gasteiger charge is -2.10. The molecule has 0 spiro atoms. The second-order valence-corrected chi connectivity index (χ2v) is 7.24. The van der Waals surface area contributed by atoms with E-state index >= 15 is 0 Å². The number of allylic oxidation sites excluding steroid dienone is 3. The lowest BCUT2D eigenvalue weighted by Crippen LogP contribution is -1.85. The molecule has 146 valence electrons. The number of hydrogen-bond donors (Lipinski definition) is 1. The largest absolute Gasteiger partial charge is 0.508 e. The molecule has 0 fully saturated rings. The van der Waals surface area contributed by atoms with E-state index in [2.05, 4.69) is 73.3 Å². The molecule has 0 radical (unpaired) electrons. The van der Waals surface area contributed by atoms with Gasteiger partial charge in [-0.1, -0.05) is 97.6 Å². The first-order chi connectivity index (χ1) is 14.7. The number of benzene rings is 4. The van der Waals surface area contributed by atoms with E-state index in [0.29, 0.717) is 0 Å². The minimum absolute atomic E-state index is 0.263. The van der Waals surface area contributed by atoms with Crippen LogP contribution in [-0.4, -0.2) is 5.11 Å². The molecule has 0 heterocycles. The smallest absolute Gasteiger partial charge is 0.116 e. The Kier molecular flexibility index (Phi) is 5.63. The van der Waals surface area contributed by atoms with Crippen LogP contribution in [0, 0.1) is 0 Å². The molecule has 0 aromatic heterocycles. The summed E-state index contributed by atoms with van der Waals surface area (Å²) < 4.78 is 0. The molecule has 4 rings (SSSR count). The number of hydrogen-bond acceptors (Lipinski definition) is 1. The van der Waals surface area contributed by atoms with Gasteiger partial charge in [-0.15, -0.1) is 0 Å². The number of phenols is 1. The minimum atomic E-state index is 0.263. The van der Waals surface area contributed by atoms with Crippen molar-refractivity contribution in [2.75, 3.05) is 0 Å². The van der Waals surface area contributed by atoms with Crippen LogP contribution < -0.4 is 0 Å². The average Bonchev–Trinajstić information content (AvgIpc) is 2.81. The van der Waals surface area contributed by atoms with Crippen molar-refractivity contribution < 1.29 is 5.11 Å². The van der Waals surface area contributed by atoms with Crippen molar-refractivity contribution in [2.45, 2.75) is 6.92 Å². The van der Waals surface area contributed by atoms with Crippen LogP contribution in [0.15, 0.2) is 116 Å². The van der Waals surface area contributed by atoms with E-state index < -0.39 is 0 Å². The molecule has 0 aliphatic carbocycles. The fraction of sp³-hybridized carbons (Fsp3) is 0.0345. The third kappa shape index (κ3) is 4.11. The Morgan fingerprint density at radius 3 is 1.60 bits per heavy atom. The van der Waals surface area contributed by atoms with Crippen molar-refractivity contribution >= 4 is 5.57 Å². The summed E-state index contributed by atoms with van der Waals surface area (Å²) in [4.78, 5) is 0. The molecule has 0 saturated carbocycles. The highest BCUT2D eigenvalue weighted by Gasteiger charge is 2.07. The second-order valence-electron chi connectivity index (χ2n) is 7.24. The molecule has 0 amide bonds. The molecule has 4 aromatic carbocycles. The van der Waals surface area contributed by atoms with Crippen LogP contribution in [0.25, 0.3) is 39.0 Å². The van der Waals surface area contributed by atoms with E-state index in [1.54, 1.807) is 6.07 Å². The molecule has 0 aliphatic rings. The lowest BCUT2D eigenvalue weighted by molar-refractivity contribution is 0.476. The summed E-state index contributed by atoms with van der Waals surface area (Å²) in [6, 6.07) is 32.9. The van der Waals surface area contributed by atoms with Gasteiger partial charge in [0.05, 0.1) is 0 Å². The van der Waals surface area contributed by atoms with Gasteiger partial charge in [-0.2, -0.15) is 0 Å². The van der Waals surface area contributed by atoms with Gasteiger partial charge in [0.2, 0.25) is 0 Å². The maximum Gasteiger partial charge on any atom is 0.116 e. The third-order valence-electron chi connectivity index (χ3n) is 5.33. The molecule has 0 unspecified atom stereocenters. The Bertz CT molecular complexity index is 1180. The normalized spacial score (nSPS) is 11.3. The highest BCUT2D eigenvalue weighted by molar-refractivity contribution is 5.79. The minimum Gasteiger partial charge on any atom is -0.508 e. The van der Waals surface area contributed by atoms with Crippen molar-refractivity contribution in [3.63, 3.8) is 0 Å². The highest BCUT2D eigenvalue weighted by Crippen LogP contribution is 2.32. The summed E-state index contributed by atoms with van der Waals surface area (Å²) in [5, 5.41) is 10.3. The van der Waals surface area contributed by atoms with Gasteiger partial charge in [0.15, 0.2) is 0 Å². The van der Waals surface area contributed by atoms with Crippen molar-refractivity contribution in [2.24, 2.45) is 0 Å². The van der Waals surface area contributed by atoms with Gasteiger partial charge < -0.3 is 5.11 Å². The van der Waals surface area contributed by atoms with Gasteiger partial charge in [0.1, 0.15) is 5.75 Å². The van der Waals surface area contributed by atoms with E-state index in [-0.39, 0.29) is 5.75 Å². The SMILES string of the molecule is C=C/C(=C\C)c1ccc(-c2cc(O)cc(-c3ccc(-c4ccccc4)cc3)c2)cc1. The molecule has 0 atom stereocenters. The average molecular weight is 389 g/mol. The molecule has 1 heteroatoms. The Balaban J connectivity index is 1.66. The molecular formula is C29H24O. The van der Waals surface area contributed by atoms with Crippen molar-refractivity contribution in [3.05, 3.63) is 121 Å². The lowest BCUT2D eigenvalue weighted by atomic mass is 9.95. The first-order valence-corrected chi connectivity index (χ1v) is 10.1. The summed E-state index contributed by atoms with van der Waals surface area (Å²) in [7, 11) is 0. The van der Waals surface area contributed by atoms with E-state index in [1.165, 1.54) is 11.1 Å². The Hall–Kier alpha value is -3.84. The zero-order chi connectivity index (χ0) is 20.9. The molecule has 1 N–H and O–H groups in total. The van der Waals surface area contributed by atoms with Crippen molar-refractivity contribution in [1.82, 2.24) is 0 Å². The monoisotopic (exact) mass is 388 g/mol. The second kappa shape index (κ2) is 8.67. The Morgan fingerprint density at radius 1 is 0.633 bits per heavy atom. The highest BCUT2D eigenvalue weighted by atomic mass is 16.3. The molecule has 1 nitrogen and oxygen atoms in total. The zero-order valence-electron chi connectivity index (χ0n) is 17.0. The summed E-state index contributed by atoms with van der Waals surface area (Å²) in [6.45, 7) is 5.88. The van der Waals surface area contributed by atoms with Crippen molar-refractivity contribution in [3.8, 4) is 39.1 Å². The summed E-state index contributed by atoms with van der Waals surface area (Å²) in [5.41, 5.74) is 8.74. The first-order valence-electron chi connectivity index (χ1n) is 10.1. The van der Waals surface area contributed by atoms with Gasteiger partial charge in [-0.3, -0.25) is 0 Å². The fourth-order valence-corrected chi connectivity index (χ4v) is 3.69. The topological polar surface area (TPSA) is 20.2 Å². The van der Waals surface area contributed by atoms with Crippen LogP contribution in [0.3, 0.4) is 0 Å². The quantitative estimate of drug-likeness (QED) is 0.344. The van der Waals surface area contributed by atoms with Crippen LogP contribution in [0.5, 0.6) is 5.75 Å². The van der Waals surface area contributed by atoms with E-state index in [0.717, 1.165) is 33.4 Å². The van der Waals surface area contributed by atoms with E-state index in [4.69, 9.17) is 0 Å². The van der Waals surface area contributed by atoms with Gasteiger partial charge in [0, 0.05) is 0 Å². The third-order valence-corrected chi connectivity index (χ3v) is 5.33. The zero-order valence-corrected chi connectivity index (χ0v) is 17.0. The molecule has 4 aromatic rings. The molecule has 0 bridgehead atoms. The standard InChI is InChI=1S/C29H24O/c1-3-21(4-2)23-10-14-25(15-11-23)27-18-28(20-29(30)19-27)26-16-12-24(13-17-26)22-8-6-5-7-9-22/h3-20,30H,1H2,2H3/b21-4+. The maximum atomic E-state index is 10.3. The van der Waals surface area contributed by atoms with Gasteiger partial charge >= 0.3 is 0 Å². The van der Waals surface area contributed by atoms with Crippen LogP contribution in [0.2, 0.25) is 0 Å². The summed E-state index contributed by atoms with van der Waals surface area (Å²) in [5.74, 6) is 0.263. The molecular weight excluding hydrogens is 364 g/mol. The van der Waals surface area contributed by atoms with Gasteiger partial charge in [0.25, 0.3) is 0 Å². The molecule has 30 heavy (non-hydrogen) atoms. The van der Waals surface area contributed by atoms with Crippen LogP contribution >= 0.6 is 0 Å². The van der Waals surface area contributed by atoms with E-state index in [1.807, 2.05) is 43.3 Å². The Labute approximate surface area is 178 Å². The number of rotatable bonds is 5. The van der Waals surface area contributed by atoms with Crippen LogP contribution in [0.1, 0.15) is 12.5 Å². The predicted molar refractivity (Wildman–Crippen MR) is 128 cm³/mol. The van der Waals surface area contributed by atoms with Crippen LogP contribution in [-0.2, 0) is 0 Å².